The third-order valence-corrected chi connectivity index (χ3v) is 4.04. The molecule has 0 aliphatic carbocycles. The highest BCUT2D eigenvalue weighted by Crippen LogP contribution is 2.31. The zero-order valence-electron chi connectivity index (χ0n) is 14.2. The summed E-state index contributed by atoms with van der Waals surface area (Å²) >= 11 is 6.24. The Balaban J connectivity index is 1.78. The minimum Gasteiger partial charge on any atom is -0.492 e. The molecule has 5 heteroatoms. The lowest BCUT2D eigenvalue weighted by Crippen LogP contribution is -2.02. The van der Waals surface area contributed by atoms with E-state index in [1.165, 1.54) is 5.56 Å². The van der Waals surface area contributed by atoms with Gasteiger partial charge in [0.2, 0.25) is 5.88 Å². The molecule has 25 heavy (non-hydrogen) atoms. The first-order valence-electron chi connectivity index (χ1n) is 8.39. The maximum atomic E-state index is 6.24. The first kappa shape index (κ1) is 17.5. The lowest BCUT2D eigenvalue weighted by Gasteiger charge is -2.10. The van der Waals surface area contributed by atoms with E-state index < -0.39 is 0 Å². The maximum absolute atomic E-state index is 6.24. The molecule has 0 spiro atoms. The number of fused-ring (bicyclic) bond motifs is 1. The molecule has 3 rings (SSSR count). The summed E-state index contributed by atoms with van der Waals surface area (Å²) in [5, 5.41) is 1.60. The summed E-state index contributed by atoms with van der Waals surface area (Å²) in [5.74, 6) is 1.81. The predicted octanol–water partition coefficient (Wildman–Crippen LogP) is 4.97. The molecule has 0 radical (unpaired) electrons. The lowest BCUT2D eigenvalue weighted by molar-refractivity contribution is 0.317. The van der Waals surface area contributed by atoms with Crippen LogP contribution in [0.15, 0.2) is 48.5 Å². The van der Waals surface area contributed by atoms with Crippen LogP contribution in [0.4, 0.5) is 0 Å². The molecular weight excluding hydrogens is 336 g/mol. The number of benzene rings is 2. The largest absolute Gasteiger partial charge is 0.492 e. The van der Waals surface area contributed by atoms with Gasteiger partial charge in [-0.1, -0.05) is 24.6 Å². The van der Waals surface area contributed by atoms with Crippen molar-refractivity contribution in [1.82, 2.24) is 4.98 Å². The Kier molecular flexibility index (Phi) is 5.74. The van der Waals surface area contributed by atoms with Crippen molar-refractivity contribution in [3.63, 3.8) is 0 Å². The lowest BCUT2D eigenvalue weighted by atomic mass is 10.1. The molecule has 0 saturated heterocycles. The average Bonchev–Trinajstić information content (AvgIpc) is 2.61. The number of halogens is 1. The SMILES string of the molecule is CCCOc1ccc(Oc2ccc3cc(CCN)ccc3n2)cc1Cl. The molecule has 2 aromatic carbocycles. The molecule has 0 atom stereocenters. The number of pyridine rings is 1. The summed E-state index contributed by atoms with van der Waals surface area (Å²) in [4.78, 5) is 4.55. The van der Waals surface area contributed by atoms with Gasteiger partial charge in [0, 0.05) is 17.5 Å². The molecule has 0 amide bonds. The van der Waals surface area contributed by atoms with Crippen LogP contribution in [0.5, 0.6) is 17.4 Å². The highest BCUT2D eigenvalue weighted by molar-refractivity contribution is 6.32. The summed E-state index contributed by atoms with van der Waals surface area (Å²) in [6.45, 7) is 3.33. The maximum Gasteiger partial charge on any atom is 0.219 e. The minimum atomic E-state index is 0.525. The highest BCUT2D eigenvalue weighted by atomic mass is 35.5. The Bertz CT molecular complexity index is 867. The van der Waals surface area contributed by atoms with Crippen LogP contribution in [0.2, 0.25) is 5.02 Å². The van der Waals surface area contributed by atoms with Gasteiger partial charge >= 0.3 is 0 Å². The fourth-order valence-corrected chi connectivity index (χ4v) is 2.76. The highest BCUT2D eigenvalue weighted by Gasteiger charge is 2.06. The van der Waals surface area contributed by atoms with Crippen molar-refractivity contribution >= 4 is 22.5 Å². The van der Waals surface area contributed by atoms with E-state index in [-0.39, 0.29) is 0 Å². The van der Waals surface area contributed by atoms with Gasteiger partial charge in [0.05, 0.1) is 17.1 Å². The number of nitrogens with zero attached hydrogens (tertiary/aromatic N) is 1. The molecular formula is C20H21ClN2O2. The van der Waals surface area contributed by atoms with Gasteiger partial charge in [-0.15, -0.1) is 0 Å². The fraction of sp³-hybridized carbons (Fsp3) is 0.250. The van der Waals surface area contributed by atoms with Gasteiger partial charge in [0.15, 0.2) is 0 Å². The molecule has 1 aromatic heterocycles. The number of hydrogen-bond donors (Lipinski definition) is 1. The fourth-order valence-electron chi connectivity index (χ4n) is 2.53. The van der Waals surface area contributed by atoms with Crippen LogP contribution in [-0.4, -0.2) is 18.1 Å². The molecule has 0 aliphatic rings. The number of ether oxygens (including phenoxy) is 2. The van der Waals surface area contributed by atoms with Crippen molar-refractivity contribution in [1.29, 1.82) is 0 Å². The normalized spacial score (nSPS) is 10.8. The molecule has 130 valence electrons. The van der Waals surface area contributed by atoms with E-state index in [0.29, 0.717) is 35.6 Å². The molecule has 0 aliphatic heterocycles. The van der Waals surface area contributed by atoms with Crippen LogP contribution in [0.25, 0.3) is 10.9 Å². The second kappa shape index (κ2) is 8.19. The molecule has 0 unspecified atom stereocenters. The van der Waals surface area contributed by atoms with E-state index in [9.17, 15) is 0 Å². The Morgan fingerprint density at radius 2 is 1.96 bits per heavy atom. The summed E-state index contributed by atoms with van der Waals surface area (Å²) in [6, 6.07) is 15.4. The second-order valence-electron chi connectivity index (χ2n) is 5.76. The van der Waals surface area contributed by atoms with E-state index in [4.69, 9.17) is 26.8 Å². The minimum absolute atomic E-state index is 0.525. The number of aromatic nitrogens is 1. The van der Waals surface area contributed by atoms with Crippen LogP contribution >= 0.6 is 11.6 Å². The molecule has 0 saturated carbocycles. The average molecular weight is 357 g/mol. The van der Waals surface area contributed by atoms with E-state index in [2.05, 4.69) is 18.0 Å². The molecule has 0 bridgehead atoms. The van der Waals surface area contributed by atoms with Gasteiger partial charge in [0.1, 0.15) is 11.5 Å². The molecule has 3 aromatic rings. The number of hydrogen-bond acceptors (Lipinski definition) is 4. The van der Waals surface area contributed by atoms with Gasteiger partial charge in [0.25, 0.3) is 0 Å². The predicted molar refractivity (Wildman–Crippen MR) is 102 cm³/mol. The number of nitrogens with two attached hydrogens (primary N) is 1. The Morgan fingerprint density at radius 1 is 1.08 bits per heavy atom. The Morgan fingerprint density at radius 3 is 2.72 bits per heavy atom. The van der Waals surface area contributed by atoms with Crippen molar-refractivity contribution in [2.75, 3.05) is 13.2 Å². The molecule has 0 fully saturated rings. The smallest absolute Gasteiger partial charge is 0.219 e. The van der Waals surface area contributed by atoms with Gasteiger partial charge in [-0.2, -0.15) is 0 Å². The van der Waals surface area contributed by atoms with E-state index in [0.717, 1.165) is 23.7 Å². The quantitative estimate of drug-likeness (QED) is 0.649. The van der Waals surface area contributed by atoms with Gasteiger partial charge in [-0.3, -0.25) is 0 Å². The summed E-state index contributed by atoms with van der Waals surface area (Å²) in [6.07, 6.45) is 1.79. The van der Waals surface area contributed by atoms with Crippen LogP contribution in [0.1, 0.15) is 18.9 Å². The van der Waals surface area contributed by atoms with E-state index in [1.807, 2.05) is 36.4 Å². The van der Waals surface area contributed by atoms with Crippen LogP contribution in [0, 0.1) is 0 Å². The van der Waals surface area contributed by atoms with Gasteiger partial charge in [-0.25, -0.2) is 4.98 Å². The number of rotatable bonds is 7. The zero-order chi connectivity index (χ0) is 17.6. The zero-order valence-corrected chi connectivity index (χ0v) is 14.9. The molecule has 4 nitrogen and oxygen atoms in total. The van der Waals surface area contributed by atoms with Crippen molar-refractivity contribution in [2.45, 2.75) is 19.8 Å². The van der Waals surface area contributed by atoms with Gasteiger partial charge in [-0.05, 0) is 55.3 Å². The summed E-state index contributed by atoms with van der Waals surface area (Å²) in [7, 11) is 0. The van der Waals surface area contributed by atoms with Crippen molar-refractivity contribution in [3.8, 4) is 17.4 Å². The second-order valence-corrected chi connectivity index (χ2v) is 6.17. The third kappa shape index (κ3) is 4.41. The standard InChI is InChI=1S/C20H21ClN2O2/c1-2-11-24-19-7-5-16(13-17(19)21)25-20-8-4-15-12-14(9-10-22)3-6-18(15)23-20/h3-8,12-13H,2,9-11,22H2,1H3. The van der Waals surface area contributed by atoms with Crippen molar-refractivity contribution < 1.29 is 9.47 Å². The van der Waals surface area contributed by atoms with E-state index >= 15 is 0 Å². The van der Waals surface area contributed by atoms with Gasteiger partial charge < -0.3 is 15.2 Å². The van der Waals surface area contributed by atoms with E-state index in [1.54, 1.807) is 6.07 Å². The first-order valence-corrected chi connectivity index (χ1v) is 8.77. The van der Waals surface area contributed by atoms with Crippen molar-refractivity contribution in [3.05, 3.63) is 59.1 Å². The van der Waals surface area contributed by atoms with Crippen LogP contribution in [-0.2, 0) is 6.42 Å². The molecule has 2 N–H and O–H groups in total. The van der Waals surface area contributed by atoms with Crippen LogP contribution < -0.4 is 15.2 Å². The summed E-state index contributed by atoms with van der Waals surface area (Å²) < 4.78 is 11.4. The monoisotopic (exact) mass is 356 g/mol. The first-order chi connectivity index (χ1) is 12.2. The molecule has 1 heterocycles. The topological polar surface area (TPSA) is 57.4 Å². The van der Waals surface area contributed by atoms with Crippen molar-refractivity contribution in [2.24, 2.45) is 5.73 Å². The van der Waals surface area contributed by atoms with Crippen LogP contribution in [0.3, 0.4) is 0 Å². The Hall–Kier alpha value is -2.30. The third-order valence-electron chi connectivity index (χ3n) is 3.75. The summed E-state index contributed by atoms with van der Waals surface area (Å²) in [5.41, 5.74) is 7.70. The Labute approximate surface area is 152 Å².